The monoisotopic (exact) mass is 422 g/mol. The molecule has 1 heterocycles. The molecule has 3 rings (SSSR count). The SMILES string of the molecule is CCCN(CC1CCN(S(=O)(=O)C(C)C)CC1)C1CCc2cc(OC)ccc2C1. The summed E-state index contributed by atoms with van der Waals surface area (Å²) in [5, 5.41) is -0.323. The van der Waals surface area contributed by atoms with Crippen molar-refractivity contribution in [3.05, 3.63) is 29.3 Å². The molecular weight excluding hydrogens is 384 g/mol. The summed E-state index contributed by atoms with van der Waals surface area (Å²) in [7, 11) is -1.38. The number of fused-ring (bicyclic) bond motifs is 1. The first-order chi connectivity index (χ1) is 13.8. The second kappa shape index (κ2) is 9.80. The highest BCUT2D eigenvalue weighted by molar-refractivity contribution is 7.89. The number of ether oxygens (including phenoxy) is 1. The standard InChI is InChI=1S/C23H38N2O3S/c1-5-12-24(17-19-10-13-25(14-11-19)29(26,27)18(2)3)22-8-6-21-16-23(28-4)9-7-20(21)15-22/h7,9,16,18-19,22H,5-6,8,10-15,17H2,1-4H3. The maximum Gasteiger partial charge on any atom is 0.216 e. The van der Waals surface area contributed by atoms with Crippen molar-refractivity contribution in [3.8, 4) is 5.75 Å². The van der Waals surface area contributed by atoms with Crippen molar-refractivity contribution in [1.82, 2.24) is 9.21 Å². The average molecular weight is 423 g/mol. The van der Waals surface area contributed by atoms with Crippen molar-refractivity contribution < 1.29 is 13.2 Å². The van der Waals surface area contributed by atoms with Gasteiger partial charge >= 0.3 is 0 Å². The van der Waals surface area contributed by atoms with Crippen molar-refractivity contribution in [1.29, 1.82) is 0 Å². The molecule has 1 aliphatic carbocycles. The van der Waals surface area contributed by atoms with Gasteiger partial charge in [0.2, 0.25) is 10.0 Å². The van der Waals surface area contributed by atoms with Gasteiger partial charge in [0.25, 0.3) is 0 Å². The lowest BCUT2D eigenvalue weighted by Gasteiger charge is -2.39. The van der Waals surface area contributed by atoms with E-state index in [9.17, 15) is 8.42 Å². The van der Waals surface area contributed by atoms with E-state index in [1.165, 1.54) is 17.5 Å². The molecule has 0 radical (unpaired) electrons. The second-order valence-corrected chi connectivity index (χ2v) is 11.5. The van der Waals surface area contributed by atoms with Gasteiger partial charge in [0.05, 0.1) is 12.4 Å². The van der Waals surface area contributed by atoms with Crippen molar-refractivity contribution in [2.45, 2.75) is 70.6 Å². The highest BCUT2D eigenvalue weighted by Gasteiger charge is 2.32. The third kappa shape index (κ3) is 5.33. The minimum absolute atomic E-state index is 0.323. The summed E-state index contributed by atoms with van der Waals surface area (Å²) in [6.45, 7) is 9.39. The van der Waals surface area contributed by atoms with Crippen LogP contribution >= 0.6 is 0 Å². The Hall–Kier alpha value is -1.11. The fraction of sp³-hybridized carbons (Fsp3) is 0.739. The van der Waals surface area contributed by atoms with Gasteiger partial charge in [0.15, 0.2) is 0 Å². The van der Waals surface area contributed by atoms with Crippen LogP contribution in [0.1, 0.15) is 57.6 Å². The van der Waals surface area contributed by atoms with Crippen molar-refractivity contribution in [2.24, 2.45) is 5.92 Å². The predicted octanol–water partition coefficient (Wildman–Crippen LogP) is 3.71. The zero-order valence-corrected chi connectivity index (χ0v) is 19.4. The first kappa shape index (κ1) is 22.6. The molecule has 1 aromatic rings. The quantitative estimate of drug-likeness (QED) is 0.641. The van der Waals surface area contributed by atoms with E-state index in [4.69, 9.17) is 4.74 Å². The van der Waals surface area contributed by atoms with Gasteiger partial charge in [0.1, 0.15) is 5.75 Å². The molecule has 0 saturated carbocycles. The summed E-state index contributed by atoms with van der Waals surface area (Å²) in [5.41, 5.74) is 2.89. The fourth-order valence-electron chi connectivity index (χ4n) is 4.84. The Morgan fingerprint density at radius 1 is 1.17 bits per heavy atom. The summed E-state index contributed by atoms with van der Waals surface area (Å²) in [4.78, 5) is 2.68. The van der Waals surface area contributed by atoms with E-state index in [1.54, 1.807) is 25.3 Å². The van der Waals surface area contributed by atoms with E-state index in [-0.39, 0.29) is 5.25 Å². The smallest absolute Gasteiger partial charge is 0.216 e. The van der Waals surface area contributed by atoms with E-state index in [0.29, 0.717) is 25.0 Å². The Bertz CT molecular complexity index is 770. The van der Waals surface area contributed by atoms with Crippen LogP contribution in [0, 0.1) is 5.92 Å². The van der Waals surface area contributed by atoms with Crippen LogP contribution in [0.3, 0.4) is 0 Å². The number of hydrogen-bond donors (Lipinski definition) is 0. The molecule has 1 atom stereocenters. The first-order valence-corrected chi connectivity index (χ1v) is 12.7. The summed E-state index contributed by atoms with van der Waals surface area (Å²) < 4.78 is 32.0. The highest BCUT2D eigenvalue weighted by Crippen LogP contribution is 2.30. The van der Waals surface area contributed by atoms with Gasteiger partial charge in [-0.15, -0.1) is 0 Å². The lowest BCUT2D eigenvalue weighted by Crippen LogP contribution is -2.46. The Kier molecular flexibility index (Phi) is 7.63. The summed E-state index contributed by atoms with van der Waals surface area (Å²) in [5.74, 6) is 1.55. The Labute approximate surface area is 177 Å². The lowest BCUT2D eigenvalue weighted by atomic mass is 9.86. The van der Waals surface area contributed by atoms with Gasteiger partial charge in [-0.05, 0) is 88.1 Å². The molecule has 2 aliphatic rings. The van der Waals surface area contributed by atoms with Crippen LogP contribution in [0.2, 0.25) is 0 Å². The van der Waals surface area contributed by atoms with Gasteiger partial charge in [-0.1, -0.05) is 13.0 Å². The normalized spacial score (nSPS) is 21.5. The predicted molar refractivity (Wildman–Crippen MR) is 119 cm³/mol. The molecule has 1 saturated heterocycles. The average Bonchev–Trinajstić information content (AvgIpc) is 2.73. The van der Waals surface area contributed by atoms with Crippen LogP contribution in [0.4, 0.5) is 0 Å². The van der Waals surface area contributed by atoms with Crippen molar-refractivity contribution >= 4 is 10.0 Å². The van der Waals surface area contributed by atoms with Gasteiger partial charge < -0.3 is 4.74 Å². The van der Waals surface area contributed by atoms with E-state index < -0.39 is 10.0 Å². The van der Waals surface area contributed by atoms with Crippen molar-refractivity contribution in [3.63, 3.8) is 0 Å². The number of aryl methyl sites for hydroxylation is 1. The van der Waals surface area contributed by atoms with Gasteiger partial charge in [-0.25, -0.2) is 12.7 Å². The molecule has 0 N–H and O–H groups in total. The molecule has 164 valence electrons. The number of hydrogen-bond acceptors (Lipinski definition) is 4. The van der Waals surface area contributed by atoms with Crippen LogP contribution in [-0.2, 0) is 22.9 Å². The third-order valence-electron chi connectivity index (χ3n) is 6.66. The molecular formula is C23H38N2O3S. The molecule has 1 aliphatic heterocycles. The molecule has 1 unspecified atom stereocenters. The molecule has 0 bridgehead atoms. The minimum atomic E-state index is -3.11. The fourth-order valence-corrected chi connectivity index (χ4v) is 6.15. The maximum absolute atomic E-state index is 12.4. The number of piperidine rings is 1. The van der Waals surface area contributed by atoms with E-state index in [2.05, 4.69) is 30.0 Å². The molecule has 29 heavy (non-hydrogen) atoms. The van der Waals surface area contributed by atoms with Crippen LogP contribution in [0.5, 0.6) is 5.75 Å². The van der Waals surface area contributed by atoms with E-state index in [1.807, 2.05) is 0 Å². The molecule has 6 heteroatoms. The van der Waals surface area contributed by atoms with Crippen LogP contribution in [-0.4, -0.2) is 62.2 Å². The zero-order chi connectivity index (χ0) is 21.0. The third-order valence-corrected chi connectivity index (χ3v) is 8.94. The van der Waals surface area contributed by atoms with Gasteiger partial charge in [-0.2, -0.15) is 0 Å². The number of sulfonamides is 1. The molecule has 0 amide bonds. The summed E-state index contributed by atoms with van der Waals surface area (Å²) >= 11 is 0. The molecule has 1 aromatic carbocycles. The highest BCUT2D eigenvalue weighted by atomic mass is 32.2. The summed E-state index contributed by atoms with van der Waals surface area (Å²) in [6, 6.07) is 7.10. The first-order valence-electron chi connectivity index (χ1n) is 11.2. The van der Waals surface area contributed by atoms with Crippen molar-refractivity contribution in [2.75, 3.05) is 33.3 Å². The van der Waals surface area contributed by atoms with Crippen LogP contribution in [0.25, 0.3) is 0 Å². The van der Waals surface area contributed by atoms with E-state index in [0.717, 1.165) is 50.9 Å². The van der Waals surface area contributed by atoms with Gasteiger partial charge in [-0.3, -0.25) is 4.90 Å². The van der Waals surface area contributed by atoms with Crippen LogP contribution < -0.4 is 4.74 Å². The number of nitrogens with zero attached hydrogens (tertiary/aromatic N) is 2. The number of rotatable bonds is 8. The van der Waals surface area contributed by atoms with Crippen LogP contribution in [0.15, 0.2) is 18.2 Å². The topological polar surface area (TPSA) is 49.9 Å². The Morgan fingerprint density at radius 3 is 2.52 bits per heavy atom. The maximum atomic E-state index is 12.4. The van der Waals surface area contributed by atoms with Gasteiger partial charge in [0, 0.05) is 25.7 Å². The Balaban J connectivity index is 1.60. The minimum Gasteiger partial charge on any atom is -0.497 e. The molecule has 0 spiro atoms. The Morgan fingerprint density at radius 2 is 1.90 bits per heavy atom. The lowest BCUT2D eigenvalue weighted by molar-refractivity contribution is 0.129. The van der Waals surface area contributed by atoms with E-state index >= 15 is 0 Å². The zero-order valence-electron chi connectivity index (χ0n) is 18.6. The number of methoxy groups -OCH3 is 1. The summed E-state index contributed by atoms with van der Waals surface area (Å²) in [6.07, 6.45) is 6.54. The largest absolute Gasteiger partial charge is 0.497 e. The molecule has 0 aromatic heterocycles. The molecule has 1 fully saturated rings. The second-order valence-electron chi connectivity index (χ2n) is 8.96. The number of benzene rings is 1. The molecule has 5 nitrogen and oxygen atoms in total.